The Hall–Kier alpha value is -4.23. The Labute approximate surface area is 247 Å². The van der Waals surface area contributed by atoms with Crippen LogP contribution in [0.4, 0.5) is 35.2 Å². The van der Waals surface area contributed by atoms with Crippen LogP contribution >= 0.6 is 0 Å². The summed E-state index contributed by atoms with van der Waals surface area (Å²) in [6.45, 7) is 6.40. The molecule has 2 aromatic carbocycles. The molecule has 1 aliphatic heterocycles. The summed E-state index contributed by atoms with van der Waals surface area (Å²) >= 11 is 0. The first kappa shape index (κ1) is 30.2. The van der Waals surface area contributed by atoms with E-state index < -0.39 is 17.8 Å². The molecule has 1 saturated carbocycles. The number of alkyl halides is 3. The summed E-state index contributed by atoms with van der Waals surface area (Å²) in [6, 6.07) is 11.1. The fourth-order valence-electron chi connectivity index (χ4n) is 4.84. The summed E-state index contributed by atoms with van der Waals surface area (Å²) in [7, 11) is 0. The SMILES string of the molecule is CCCN1CCN(Cc2ccc(NC(=O)Nc3ccc(Oc4cc(NC(=O)C5CC5)ncn4)cc3)cc2C(F)(F)F)CC1. The summed E-state index contributed by atoms with van der Waals surface area (Å²) in [5.41, 5.74) is -0.142. The quantitative estimate of drug-likeness (QED) is 0.271. The number of hydrogen-bond donors (Lipinski definition) is 3. The molecule has 1 aromatic heterocycles. The van der Waals surface area contributed by atoms with E-state index in [-0.39, 0.29) is 35.5 Å². The Morgan fingerprint density at radius 3 is 2.26 bits per heavy atom. The van der Waals surface area contributed by atoms with Gasteiger partial charge in [-0.05, 0) is 67.8 Å². The molecule has 10 nitrogen and oxygen atoms in total. The van der Waals surface area contributed by atoms with Crippen LogP contribution in [0.3, 0.4) is 0 Å². The molecule has 0 unspecified atom stereocenters. The molecule has 3 N–H and O–H groups in total. The van der Waals surface area contributed by atoms with Gasteiger partial charge >= 0.3 is 12.2 Å². The first-order valence-corrected chi connectivity index (χ1v) is 14.3. The topological polar surface area (TPSA) is 112 Å². The number of hydrogen-bond acceptors (Lipinski definition) is 7. The lowest BCUT2D eigenvalue weighted by Crippen LogP contribution is -2.46. The van der Waals surface area contributed by atoms with Crippen LogP contribution in [-0.4, -0.2) is 64.4 Å². The van der Waals surface area contributed by atoms with Crippen molar-refractivity contribution >= 4 is 29.1 Å². The zero-order valence-corrected chi connectivity index (χ0v) is 23.8. The predicted molar refractivity (Wildman–Crippen MR) is 156 cm³/mol. The standard InChI is InChI=1S/C30H34F3N7O3/c1-2-11-39-12-14-40(15-13-39)18-21-5-6-23(16-25(21)30(31,32)33)37-29(42)36-22-7-9-24(10-8-22)43-27-17-26(34-19-35-27)38-28(41)20-3-4-20/h5-10,16-17,19-20H,2-4,11-15,18H2,1H3,(H2,36,37,42)(H,34,35,38,41). The minimum Gasteiger partial charge on any atom is -0.439 e. The van der Waals surface area contributed by atoms with Crippen LogP contribution < -0.4 is 20.7 Å². The molecule has 5 rings (SSSR count). The van der Waals surface area contributed by atoms with E-state index in [1.54, 1.807) is 24.3 Å². The summed E-state index contributed by atoms with van der Waals surface area (Å²) in [5.74, 6) is 0.928. The van der Waals surface area contributed by atoms with Crippen molar-refractivity contribution in [2.45, 2.75) is 38.9 Å². The van der Waals surface area contributed by atoms with Crippen LogP contribution in [0.5, 0.6) is 11.6 Å². The van der Waals surface area contributed by atoms with Gasteiger partial charge in [0.1, 0.15) is 17.9 Å². The number of rotatable bonds is 10. The van der Waals surface area contributed by atoms with Crippen molar-refractivity contribution in [1.82, 2.24) is 19.8 Å². The van der Waals surface area contributed by atoms with Crippen LogP contribution in [0.25, 0.3) is 0 Å². The average Bonchev–Trinajstić information content (AvgIpc) is 3.82. The maximum absolute atomic E-state index is 13.9. The van der Waals surface area contributed by atoms with Gasteiger partial charge in [-0.1, -0.05) is 13.0 Å². The van der Waals surface area contributed by atoms with Gasteiger partial charge in [0.2, 0.25) is 11.8 Å². The molecule has 2 fully saturated rings. The number of amides is 3. The number of halogens is 3. The van der Waals surface area contributed by atoms with Crippen LogP contribution in [-0.2, 0) is 17.5 Å². The van der Waals surface area contributed by atoms with E-state index in [0.717, 1.165) is 45.0 Å². The Bertz CT molecular complexity index is 1420. The Kier molecular flexibility index (Phi) is 9.41. The highest BCUT2D eigenvalue weighted by molar-refractivity contribution is 5.99. The van der Waals surface area contributed by atoms with Crippen LogP contribution in [0, 0.1) is 5.92 Å². The zero-order chi connectivity index (χ0) is 30.4. The van der Waals surface area contributed by atoms with E-state index >= 15 is 0 Å². The molecule has 2 aliphatic rings. The van der Waals surface area contributed by atoms with Crippen molar-refractivity contribution in [3.63, 3.8) is 0 Å². The lowest BCUT2D eigenvalue weighted by atomic mass is 10.0. The maximum atomic E-state index is 13.9. The third kappa shape index (κ3) is 8.64. The normalized spacial score (nSPS) is 16.0. The number of aromatic nitrogens is 2. The van der Waals surface area contributed by atoms with E-state index in [1.165, 1.54) is 24.5 Å². The van der Waals surface area contributed by atoms with Crippen molar-refractivity contribution in [2.24, 2.45) is 5.92 Å². The van der Waals surface area contributed by atoms with Crippen molar-refractivity contribution in [3.05, 3.63) is 66.0 Å². The maximum Gasteiger partial charge on any atom is 0.416 e. The van der Waals surface area contributed by atoms with Crippen molar-refractivity contribution in [1.29, 1.82) is 0 Å². The largest absolute Gasteiger partial charge is 0.439 e. The minimum absolute atomic E-state index is 0.0318. The smallest absolute Gasteiger partial charge is 0.416 e. The lowest BCUT2D eigenvalue weighted by Gasteiger charge is -2.35. The summed E-state index contributed by atoms with van der Waals surface area (Å²) < 4.78 is 47.5. The minimum atomic E-state index is -4.56. The molecule has 3 amide bonds. The molecule has 3 aromatic rings. The number of anilines is 3. The number of nitrogens with one attached hydrogen (secondary N) is 3. The van der Waals surface area contributed by atoms with E-state index in [0.29, 0.717) is 30.3 Å². The van der Waals surface area contributed by atoms with E-state index in [2.05, 4.69) is 37.7 Å². The number of nitrogens with zero attached hydrogens (tertiary/aromatic N) is 4. The Balaban J connectivity index is 1.16. The number of benzene rings is 2. The summed E-state index contributed by atoms with van der Waals surface area (Å²) in [5, 5.41) is 7.83. The fraction of sp³-hybridized carbons (Fsp3) is 0.400. The molecule has 0 bridgehead atoms. The highest BCUT2D eigenvalue weighted by atomic mass is 19.4. The number of urea groups is 1. The van der Waals surface area contributed by atoms with Gasteiger partial charge in [0.05, 0.1) is 5.56 Å². The van der Waals surface area contributed by atoms with Gasteiger partial charge in [-0.2, -0.15) is 13.2 Å². The molecule has 2 heterocycles. The van der Waals surface area contributed by atoms with Gasteiger partial charge in [0.15, 0.2) is 0 Å². The van der Waals surface area contributed by atoms with Gasteiger partial charge in [-0.15, -0.1) is 0 Å². The highest BCUT2D eigenvalue weighted by Crippen LogP contribution is 2.35. The van der Waals surface area contributed by atoms with Crippen LogP contribution in [0.15, 0.2) is 54.9 Å². The van der Waals surface area contributed by atoms with E-state index in [1.807, 2.05) is 4.90 Å². The van der Waals surface area contributed by atoms with Gasteiger partial charge in [0.25, 0.3) is 0 Å². The predicted octanol–water partition coefficient (Wildman–Crippen LogP) is 5.81. The van der Waals surface area contributed by atoms with E-state index in [4.69, 9.17) is 4.74 Å². The molecular weight excluding hydrogens is 563 g/mol. The molecular formula is C30H34F3N7O3. The lowest BCUT2D eigenvalue weighted by molar-refractivity contribution is -0.138. The molecule has 0 atom stereocenters. The van der Waals surface area contributed by atoms with Crippen molar-refractivity contribution in [3.8, 4) is 11.6 Å². The summed E-state index contributed by atoms with van der Waals surface area (Å²) in [6.07, 6.45) is -0.484. The Morgan fingerprint density at radius 2 is 1.58 bits per heavy atom. The molecule has 43 heavy (non-hydrogen) atoms. The second-order valence-electron chi connectivity index (χ2n) is 10.7. The number of carbonyl (C=O) groups excluding carboxylic acids is 2. The fourth-order valence-corrected chi connectivity index (χ4v) is 4.84. The zero-order valence-electron chi connectivity index (χ0n) is 23.8. The molecule has 0 spiro atoms. The van der Waals surface area contributed by atoms with Crippen LogP contribution in [0.1, 0.15) is 37.3 Å². The molecule has 1 saturated heterocycles. The number of ether oxygens (including phenoxy) is 1. The summed E-state index contributed by atoms with van der Waals surface area (Å²) in [4.78, 5) is 37.0. The number of piperazine rings is 1. The third-order valence-electron chi connectivity index (χ3n) is 7.25. The van der Waals surface area contributed by atoms with Crippen molar-refractivity contribution in [2.75, 3.05) is 48.7 Å². The molecule has 0 radical (unpaired) electrons. The van der Waals surface area contributed by atoms with Gasteiger partial charge in [0, 0.05) is 56.1 Å². The average molecular weight is 598 g/mol. The Morgan fingerprint density at radius 1 is 0.907 bits per heavy atom. The molecule has 1 aliphatic carbocycles. The van der Waals surface area contributed by atoms with Gasteiger partial charge in [-0.25, -0.2) is 14.8 Å². The first-order valence-electron chi connectivity index (χ1n) is 14.3. The van der Waals surface area contributed by atoms with E-state index in [9.17, 15) is 22.8 Å². The van der Waals surface area contributed by atoms with Crippen molar-refractivity contribution < 1.29 is 27.5 Å². The highest BCUT2D eigenvalue weighted by Gasteiger charge is 2.34. The van der Waals surface area contributed by atoms with Gasteiger partial charge in [-0.3, -0.25) is 9.69 Å². The number of carbonyl (C=O) groups is 2. The molecule has 13 heteroatoms. The van der Waals surface area contributed by atoms with Crippen LogP contribution in [0.2, 0.25) is 0 Å². The second kappa shape index (κ2) is 13.4. The molecule has 228 valence electrons. The second-order valence-corrected chi connectivity index (χ2v) is 10.7. The monoisotopic (exact) mass is 597 g/mol. The van der Waals surface area contributed by atoms with Gasteiger partial charge < -0.3 is 25.6 Å². The first-order chi connectivity index (χ1) is 20.7. The third-order valence-corrected chi connectivity index (χ3v) is 7.25.